The Morgan fingerprint density at radius 1 is 1.12 bits per heavy atom. The summed E-state index contributed by atoms with van der Waals surface area (Å²) in [6.45, 7) is 2.17. The number of nitrogen functional groups attached to an aromatic ring is 1. The predicted molar refractivity (Wildman–Crippen MR) is 128 cm³/mol. The SMILES string of the molecule is CCCCc1ccc(NC(=O)CSc2nnc(-c3cc(-c4ccccc4)n[nH]3)n2N)cc1. The van der Waals surface area contributed by atoms with Gasteiger partial charge in [0.05, 0.1) is 11.4 Å². The van der Waals surface area contributed by atoms with Crippen molar-refractivity contribution in [2.75, 3.05) is 16.9 Å². The molecule has 2 heterocycles. The molecule has 0 saturated heterocycles. The van der Waals surface area contributed by atoms with E-state index in [1.807, 2.05) is 48.5 Å². The van der Waals surface area contributed by atoms with Gasteiger partial charge in [0, 0.05) is 11.3 Å². The summed E-state index contributed by atoms with van der Waals surface area (Å²) in [4.78, 5) is 12.3. The highest BCUT2D eigenvalue weighted by Gasteiger charge is 2.16. The van der Waals surface area contributed by atoms with Crippen LogP contribution in [-0.4, -0.2) is 36.7 Å². The number of anilines is 1. The highest BCUT2D eigenvalue weighted by atomic mass is 32.2. The van der Waals surface area contributed by atoms with Crippen molar-refractivity contribution >= 4 is 23.4 Å². The highest BCUT2D eigenvalue weighted by molar-refractivity contribution is 7.99. The lowest BCUT2D eigenvalue weighted by Crippen LogP contribution is -2.16. The first-order valence-corrected chi connectivity index (χ1v) is 11.5. The smallest absolute Gasteiger partial charge is 0.234 e. The number of amides is 1. The molecule has 2 aromatic heterocycles. The van der Waals surface area contributed by atoms with E-state index >= 15 is 0 Å². The van der Waals surface area contributed by atoms with Gasteiger partial charge in [-0.15, -0.1) is 10.2 Å². The minimum absolute atomic E-state index is 0.131. The van der Waals surface area contributed by atoms with Crippen LogP contribution in [0.25, 0.3) is 22.8 Å². The molecule has 2 aromatic carbocycles. The van der Waals surface area contributed by atoms with Crippen LogP contribution in [0.1, 0.15) is 25.3 Å². The van der Waals surface area contributed by atoms with Crippen molar-refractivity contribution in [3.63, 3.8) is 0 Å². The van der Waals surface area contributed by atoms with E-state index in [0.29, 0.717) is 16.7 Å². The molecule has 0 unspecified atom stereocenters. The first-order valence-electron chi connectivity index (χ1n) is 10.5. The lowest BCUT2D eigenvalue weighted by molar-refractivity contribution is -0.113. The van der Waals surface area contributed by atoms with E-state index in [1.165, 1.54) is 22.0 Å². The fraction of sp³-hybridized carbons (Fsp3) is 0.217. The van der Waals surface area contributed by atoms with E-state index in [2.05, 4.69) is 44.8 Å². The number of thioether (sulfide) groups is 1. The van der Waals surface area contributed by atoms with Crippen LogP contribution in [0.2, 0.25) is 0 Å². The summed E-state index contributed by atoms with van der Waals surface area (Å²) < 4.78 is 1.36. The fourth-order valence-electron chi connectivity index (χ4n) is 3.22. The highest BCUT2D eigenvalue weighted by Crippen LogP contribution is 2.24. The standard InChI is InChI=1S/C23H25N7OS/c1-2-3-7-16-10-12-18(13-11-16)25-21(31)15-32-23-29-28-22(30(23)24)20-14-19(26-27-20)17-8-5-4-6-9-17/h4-6,8-14H,2-3,7,15,24H2,1H3,(H,25,31)(H,26,27). The molecule has 0 saturated carbocycles. The Morgan fingerprint density at radius 2 is 1.91 bits per heavy atom. The molecular weight excluding hydrogens is 422 g/mol. The first-order chi connectivity index (χ1) is 15.6. The van der Waals surface area contributed by atoms with Crippen molar-refractivity contribution in [2.45, 2.75) is 31.3 Å². The quantitative estimate of drug-likeness (QED) is 0.263. The number of nitrogens with one attached hydrogen (secondary N) is 2. The maximum absolute atomic E-state index is 12.3. The average molecular weight is 448 g/mol. The number of H-pyrrole nitrogens is 1. The Balaban J connectivity index is 1.35. The van der Waals surface area contributed by atoms with Crippen LogP contribution in [-0.2, 0) is 11.2 Å². The molecule has 4 N–H and O–H groups in total. The zero-order valence-corrected chi connectivity index (χ0v) is 18.6. The van der Waals surface area contributed by atoms with Crippen LogP contribution in [0.4, 0.5) is 5.69 Å². The number of hydrogen-bond donors (Lipinski definition) is 3. The topological polar surface area (TPSA) is 115 Å². The maximum atomic E-state index is 12.3. The summed E-state index contributed by atoms with van der Waals surface area (Å²) in [5.41, 5.74) is 4.48. The number of hydrogen-bond acceptors (Lipinski definition) is 6. The Kier molecular flexibility index (Phi) is 6.86. The molecule has 4 rings (SSSR count). The maximum Gasteiger partial charge on any atom is 0.234 e. The van der Waals surface area contributed by atoms with Crippen LogP contribution < -0.4 is 11.2 Å². The molecule has 0 bridgehead atoms. The van der Waals surface area contributed by atoms with E-state index in [9.17, 15) is 4.79 Å². The van der Waals surface area contributed by atoms with Gasteiger partial charge in [-0.05, 0) is 36.6 Å². The van der Waals surface area contributed by atoms with Crippen molar-refractivity contribution < 1.29 is 4.79 Å². The fourth-order valence-corrected chi connectivity index (χ4v) is 3.87. The zero-order valence-electron chi connectivity index (χ0n) is 17.8. The van der Waals surface area contributed by atoms with Gasteiger partial charge in [-0.3, -0.25) is 9.89 Å². The predicted octanol–water partition coefficient (Wildman–Crippen LogP) is 4.12. The molecule has 0 aliphatic heterocycles. The third-order valence-electron chi connectivity index (χ3n) is 4.94. The number of aryl methyl sites for hydroxylation is 1. The number of nitrogens with zero attached hydrogens (tertiary/aromatic N) is 4. The molecule has 0 spiro atoms. The van der Waals surface area contributed by atoms with Crippen molar-refractivity contribution in [3.05, 3.63) is 66.2 Å². The Bertz CT molecular complexity index is 1170. The van der Waals surface area contributed by atoms with Gasteiger partial charge < -0.3 is 11.2 Å². The molecular formula is C23H25N7OS. The van der Waals surface area contributed by atoms with E-state index in [-0.39, 0.29) is 11.7 Å². The summed E-state index contributed by atoms with van der Waals surface area (Å²) in [5, 5.41) is 18.9. The third-order valence-corrected chi connectivity index (χ3v) is 5.88. The molecule has 1 amide bonds. The second-order valence-corrected chi connectivity index (χ2v) is 8.29. The minimum Gasteiger partial charge on any atom is -0.335 e. The monoisotopic (exact) mass is 447 g/mol. The van der Waals surface area contributed by atoms with E-state index < -0.39 is 0 Å². The summed E-state index contributed by atoms with van der Waals surface area (Å²) in [6.07, 6.45) is 3.38. The van der Waals surface area contributed by atoms with Crippen molar-refractivity contribution in [1.82, 2.24) is 25.1 Å². The second-order valence-electron chi connectivity index (χ2n) is 7.35. The average Bonchev–Trinajstić information content (AvgIpc) is 3.44. The largest absolute Gasteiger partial charge is 0.335 e. The summed E-state index contributed by atoms with van der Waals surface area (Å²) in [6, 6.07) is 19.6. The van der Waals surface area contributed by atoms with Gasteiger partial charge in [0.25, 0.3) is 0 Å². The number of nitrogens with two attached hydrogens (primary N) is 1. The van der Waals surface area contributed by atoms with Gasteiger partial charge in [-0.2, -0.15) is 5.10 Å². The Hall–Kier alpha value is -3.59. The van der Waals surface area contributed by atoms with Crippen molar-refractivity contribution in [1.29, 1.82) is 0 Å². The molecule has 32 heavy (non-hydrogen) atoms. The molecule has 0 atom stereocenters. The number of carbonyl (C=O) groups excluding carboxylic acids is 1. The number of unbranched alkanes of at least 4 members (excludes halogenated alkanes) is 1. The van der Waals surface area contributed by atoms with Crippen LogP contribution in [0.15, 0.2) is 65.8 Å². The van der Waals surface area contributed by atoms with Crippen LogP contribution in [0, 0.1) is 0 Å². The van der Waals surface area contributed by atoms with Crippen molar-refractivity contribution in [2.24, 2.45) is 0 Å². The second kappa shape index (κ2) is 10.1. The van der Waals surface area contributed by atoms with Gasteiger partial charge in [-0.25, -0.2) is 4.68 Å². The van der Waals surface area contributed by atoms with Crippen molar-refractivity contribution in [3.8, 4) is 22.8 Å². The first kappa shape index (κ1) is 21.6. The summed E-state index contributed by atoms with van der Waals surface area (Å²) >= 11 is 1.23. The molecule has 0 fully saturated rings. The van der Waals surface area contributed by atoms with Gasteiger partial charge in [-0.1, -0.05) is 67.6 Å². The van der Waals surface area contributed by atoms with Gasteiger partial charge in [0.1, 0.15) is 5.69 Å². The number of aromatic nitrogens is 5. The lowest BCUT2D eigenvalue weighted by Gasteiger charge is -2.06. The number of aromatic amines is 1. The number of benzene rings is 2. The van der Waals surface area contributed by atoms with Gasteiger partial charge in [0.2, 0.25) is 16.9 Å². The molecule has 8 nitrogen and oxygen atoms in total. The van der Waals surface area contributed by atoms with Crippen LogP contribution in [0.5, 0.6) is 0 Å². The van der Waals surface area contributed by atoms with Gasteiger partial charge >= 0.3 is 0 Å². The van der Waals surface area contributed by atoms with E-state index in [4.69, 9.17) is 5.84 Å². The lowest BCUT2D eigenvalue weighted by atomic mass is 10.1. The van der Waals surface area contributed by atoms with Gasteiger partial charge in [0.15, 0.2) is 0 Å². The molecule has 4 aromatic rings. The van der Waals surface area contributed by atoms with E-state index in [1.54, 1.807) is 0 Å². The van der Waals surface area contributed by atoms with Crippen LogP contribution in [0.3, 0.4) is 0 Å². The zero-order chi connectivity index (χ0) is 22.3. The van der Waals surface area contributed by atoms with Crippen LogP contribution >= 0.6 is 11.8 Å². The molecule has 0 radical (unpaired) electrons. The Labute approximate surface area is 190 Å². The number of carbonyl (C=O) groups is 1. The number of rotatable bonds is 9. The van der Waals surface area contributed by atoms with E-state index in [0.717, 1.165) is 36.2 Å². The Morgan fingerprint density at radius 3 is 2.66 bits per heavy atom. The molecule has 0 aliphatic rings. The molecule has 0 aliphatic carbocycles. The summed E-state index contributed by atoms with van der Waals surface area (Å²) in [7, 11) is 0. The minimum atomic E-state index is -0.131. The normalized spacial score (nSPS) is 10.9. The summed E-state index contributed by atoms with van der Waals surface area (Å²) in [5.74, 6) is 6.66. The third kappa shape index (κ3) is 5.17. The molecule has 164 valence electrons. The molecule has 9 heteroatoms.